The lowest BCUT2D eigenvalue weighted by Crippen LogP contribution is -2.32. The number of methoxy groups -OCH3 is 1. The van der Waals surface area contributed by atoms with Gasteiger partial charge in [0.25, 0.3) is 0 Å². The zero-order valence-corrected chi connectivity index (χ0v) is 11.9. The van der Waals surface area contributed by atoms with Crippen LogP contribution >= 0.6 is 0 Å². The first-order valence-corrected chi connectivity index (χ1v) is 6.43. The third-order valence-corrected chi connectivity index (χ3v) is 2.98. The van der Waals surface area contributed by atoms with Crippen molar-refractivity contribution >= 4 is 11.6 Å². The summed E-state index contributed by atoms with van der Waals surface area (Å²) in [6.07, 6.45) is -0.169. The number of hydrogen-bond acceptors (Lipinski definition) is 3. The number of para-hydroxylation sites is 1. The number of halogens is 4. The molecule has 0 aliphatic carbocycles. The van der Waals surface area contributed by atoms with Crippen molar-refractivity contribution in [2.45, 2.75) is 6.42 Å². The number of ether oxygens (including phenoxy) is 1. The van der Waals surface area contributed by atoms with Crippen molar-refractivity contribution in [2.24, 2.45) is 0 Å². The van der Waals surface area contributed by atoms with E-state index in [-0.39, 0.29) is 12.5 Å². The molecule has 23 heavy (non-hydrogen) atoms. The van der Waals surface area contributed by atoms with Crippen LogP contribution in [0.15, 0.2) is 30.3 Å². The molecule has 1 amide bonds. The standard InChI is InChI=1S/C15H12F4N2O2/c1-23-11-5-3-2-4-8(11)6-12(22)20-21-15-13(18)9(16)7-10(17)14(15)19/h2-5,7,21H,6H2,1H3,(H,20,22). The van der Waals surface area contributed by atoms with Gasteiger partial charge in [-0.2, -0.15) is 0 Å². The van der Waals surface area contributed by atoms with Crippen LogP contribution in [0.3, 0.4) is 0 Å². The monoisotopic (exact) mass is 328 g/mol. The Morgan fingerprint density at radius 1 is 1.09 bits per heavy atom. The Balaban J connectivity index is 2.08. The Kier molecular flexibility index (Phi) is 5.05. The van der Waals surface area contributed by atoms with Crippen molar-refractivity contribution in [1.29, 1.82) is 0 Å². The van der Waals surface area contributed by atoms with E-state index in [1.165, 1.54) is 7.11 Å². The van der Waals surface area contributed by atoms with E-state index >= 15 is 0 Å². The lowest BCUT2D eigenvalue weighted by Gasteiger charge is -2.12. The highest BCUT2D eigenvalue weighted by Gasteiger charge is 2.19. The predicted molar refractivity (Wildman–Crippen MR) is 74.7 cm³/mol. The molecule has 2 N–H and O–H groups in total. The number of carbonyl (C=O) groups excluding carboxylic acids is 1. The Labute approximate surface area is 129 Å². The first-order valence-electron chi connectivity index (χ1n) is 6.43. The van der Waals surface area contributed by atoms with Crippen LogP contribution in [0.4, 0.5) is 23.2 Å². The molecule has 0 atom stereocenters. The second-order valence-electron chi connectivity index (χ2n) is 4.50. The van der Waals surface area contributed by atoms with Crippen molar-refractivity contribution in [3.05, 3.63) is 59.2 Å². The van der Waals surface area contributed by atoms with Crippen LogP contribution in [-0.2, 0) is 11.2 Å². The summed E-state index contributed by atoms with van der Waals surface area (Å²) in [6.45, 7) is 0. The number of hydrazine groups is 1. The second kappa shape index (κ2) is 6.99. The molecule has 2 aromatic carbocycles. The number of hydrogen-bond donors (Lipinski definition) is 2. The summed E-state index contributed by atoms with van der Waals surface area (Å²) in [7, 11) is 1.43. The van der Waals surface area contributed by atoms with Crippen LogP contribution in [-0.4, -0.2) is 13.0 Å². The maximum absolute atomic E-state index is 13.4. The van der Waals surface area contributed by atoms with Gasteiger partial charge in [0, 0.05) is 11.6 Å². The molecule has 2 aromatic rings. The molecule has 0 radical (unpaired) electrons. The predicted octanol–water partition coefficient (Wildman–Crippen LogP) is 2.94. The molecule has 0 saturated carbocycles. The van der Waals surface area contributed by atoms with Gasteiger partial charge < -0.3 is 4.74 Å². The van der Waals surface area contributed by atoms with E-state index < -0.39 is 34.9 Å². The molecule has 0 unspecified atom stereocenters. The van der Waals surface area contributed by atoms with Gasteiger partial charge in [0.15, 0.2) is 23.3 Å². The number of nitrogens with one attached hydrogen (secondary N) is 2. The zero-order valence-electron chi connectivity index (χ0n) is 11.9. The summed E-state index contributed by atoms with van der Waals surface area (Å²) in [5.41, 5.74) is 3.24. The van der Waals surface area contributed by atoms with Gasteiger partial charge in [-0.15, -0.1) is 0 Å². The normalized spacial score (nSPS) is 10.3. The molecule has 2 rings (SSSR count). The fraction of sp³-hybridized carbons (Fsp3) is 0.133. The number of carbonyl (C=O) groups is 1. The van der Waals surface area contributed by atoms with E-state index in [0.29, 0.717) is 11.3 Å². The Morgan fingerprint density at radius 2 is 1.70 bits per heavy atom. The summed E-state index contributed by atoms with van der Waals surface area (Å²) in [5.74, 6) is -6.66. The topological polar surface area (TPSA) is 50.4 Å². The largest absolute Gasteiger partial charge is 0.496 e. The number of rotatable bonds is 5. The third kappa shape index (κ3) is 3.71. The van der Waals surface area contributed by atoms with Crippen molar-refractivity contribution in [2.75, 3.05) is 12.5 Å². The van der Waals surface area contributed by atoms with Crippen LogP contribution in [0, 0.1) is 23.3 Å². The Bertz CT molecular complexity index is 711. The first kappa shape index (κ1) is 16.6. The molecule has 8 heteroatoms. The minimum atomic E-state index is -1.64. The summed E-state index contributed by atoms with van der Waals surface area (Å²) in [4.78, 5) is 11.8. The highest BCUT2D eigenvalue weighted by atomic mass is 19.2. The van der Waals surface area contributed by atoms with Crippen LogP contribution < -0.4 is 15.6 Å². The average molecular weight is 328 g/mol. The van der Waals surface area contributed by atoms with Gasteiger partial charge in [-0.3, -0.25) is 15.6 Å². The summed E-state index contributed by atoms with van der Waals surface area (Å²) in [5, 5.41) is 0. The second-order valence-corrected chi connectivity index (χ2v) is 4.50. The molecule has 0 fully saturated rings. The number of anilines is 1. The maximum atomic E-state index is 13.4. The minimum absolute atomic E-state index is 0.0759. The maximum Gasteiger partial charge on any atom is 0.242 e. The highest BCUT2D eigenvalue weighted by molar-refractivity contribution is 5.80. The lowest BCUT2D eigenvalue weighted by atomic mass is 10.1. The van der Waals surface area contributed by atoms with Crippen molar-refractivity contribution in [3.8, 4) is 5.75 Å². The van der Waals surface area contributed by atoms with Crippen LogP contribution in [0.25, 0.3) is 0 Å². The molecule has 0 aliphatic rings. The van der Waals surface area contributed by atoms with E-state index in [9.17, 15) is 22.4 Å². The van der Waals surface area contributed by atoms with Gasteiger partial charge in [0.1, 0.15) is 11.4 Å². The summed E-state index contributed by atoms with van der Waals surface area (Å²) >= 11 is 0. The minimum Gasteiger partial charge on any atom is -0.496 e. The SMILES string of the molecule is COc1ccccc1CC(=O)NNc1c(F)c(F)cc(F)c1F. The zero-order chi connectivity index (χ0) is 17.0. The smallest absolute Gasteiger partial charge is 0.242 e. The van der Waals surface area contributed by atoms with Gasteiger partial charge in [-0.05, 0) is 6.07 Å². The van der Waals surface area contributed by atoms with Gasteiger partial charge in [-0.25, -0.2) is 17.6 Å². The Morgan fingerprint density at radius 3 is 2.30 bits per heavy atom. The molecule has 0 heterocycles. The fourth-order valence-electron chi connectivity index (χ4n) is 1.88. The third-order valence-electron chi connectivity index (χ3n) is 2.98. The van der Waals surface area contributed by atoms with E-state index in [1.54, 1.807) is 24.3 Å². The molecule has 0 saturated heterocycles. The fourth-order valence-corrected chi connectivity index (χ4v) is 1.88. The molecular formula is C15H12F4N2O2. The summed E-state index contributed by atoms with van der Waals surface area (Å²) in [6, 6.07) is 6.73. The molecule has 0 aliphatic heterocycles. The molecule has 0 bridgehead atoms. The van der Waals surface area contributed by atoms with E-state index in [4.69, 9.17) is 4.74 Å². The average Bonchev–Trinajstić information content (AvgIpc) is 2.53. The van der Waals surface area contributed by atoms with Crippen LogP contribution in [0.1, 0.15) is 5.56 Å². The van der Waals surface area contributed by atoms with Crippen molar-refractivity contribution in [1.82, 2.24) is 5.43 Å². The lowest BCUT2D eigenvalue weighted by molar-refractivity contribution is -0.120. The molecule has 4 nitrogen and oxygen atoms in total. The molecule has 0 aromatic heterocycles. The number of benzene rings is 2. The molecular weight excluding hydrogens is 316 g/mol. The van der Waals surface area contributed by atoms with Crippen LogP contribution in [0.2, 0.25) is 0 Å². The van der Waals surface area contributed by atoms with Crippen molar-refractivity contribution in [3.63, 3.8) is 0 Å². The van der Waals surface area contributed by atoms with Gasteiger partial charge in [0.2, 0.25) is 5.91 Å². The van der Waals surface area contributed by atoms with E-state index in [0.717, 1.165) is 0 Å². The van der Waals surface area contributed by atoms with Crippen LogP contribution in [0.5, 0.6) is 5.75 Å². The Hall–Kier alpha value is -2.77. The summed E-state index contributed by atoms with van der Waals surface area (Å²) < 4.78 is 58.0. The van der Waals surface area contributed by atoms with Gasteiger partial charge >= 0.3 is 0 Å². The van der Waals surface area contributed by atoms with E-state index in [1.807, 2.05) is 10.9 Å². The quantitative estimate of drug-likeness (QED) is 0.504. The van der Waals surface area contributed by atoms with Gasteiger partial charge in [0.05, 0.1) is 13.5 Å². The van der Waals surface area contributed by atoms with E-state index in [2.05, 4.69) is 0 Å². The van der Waals surface area contributed by atoms with Gasteiger partial charge in [-0.1, -0.05) is 18.2 Å². The molecule has 0 spiro atoms. The first-order chi connectivity index (χ1) is 10.9. The number of amides is 1. The molecule has 122 valence electrons. The highest BCUT2D eigenvalue weighted by Crippen LogP contribution is 2.23. The van der Waals surface area contributed by atoms with Crippen molar-refractivity contribution < 1.29 is 27.1 Å².